The van der Waals surface area contributed by atoms with Crippen molar-refractivity contribution in [3.05, 3.63) is 29.8 Å². The van der Waals surface area contributed by atoms with E-state index in [2.05, 4.69) is 14.8 Å². The maximum atomic E-state index is 12.1. The lowest BCUT2D eigenvalue weighted by Gasteiger charge is -2.17. The minimum absolute atomic E-state index is 0.277. The summed E-state index contributed by atoms with van der Waals surface area (Å²) < 4.78 is 26.4. The van der Waals surface area contributed by atoms with Crippen LogP contribution in [0.2, 0.25) is 0 Å². The Morgan fingerprint density at radius 1 is 1.27 bits per heavy atom. The van der Waals surface area contributed by atoms with E-state index >= 15 is 0 Å². The predicted octanol–water partition coefficient (Wildman–Crippen LogP) is 2.73. The number of esters is 1. The first-order chi connectivity index (χ1) is 10.6. The number of carbonyl (C=O) groups excluding carboxylic acids is 2. The highest BCUT2D eigenvalue weighted by molar-refractivity contribution is 5.82. The van der Waals surface area contributed by atoms with Gasteiger partial charge in [-0.3, -0.25) is 0 Å². The molecule has 1 atom stereocenters. The number of halogens is 1. The van der Waals surface area contributed by atoms with Gasteiger partial charge in [0.15, 0.2) is 6.04 Å². The minimum atomic E-state index is -1.00. The summed E-state index contributed by atoms with van der Waals surface area (Å²) >= 11 is 0. The van der Waals surface area contributed by atoms with Crippen molar-refractivity contribution in [3.8, 4) is 5.75 Å². The van der Waals surface area contributed by atoms with E-state index < -0.39 is 25.0 Å². The number of nitrogens with one attached hydrogen (secondary N) is 1. The molecule has 0 radical (unpaired) electrons. The maximum absolute atomic E-state index is 12.1. The summed E-state index contributed by atoms with van der Waals surface area (Å²) in [5.74, 6) is -0.313. The van der Waals surface area contributed by atoms with Gasteiger partial charge in [0.25, 0.3) is 0 Å². The molecular formula is C15H20FNO5. The molecule has 1 amide bonds. The van der Waals surface area contributed by atoms with Crippen LogP contribution in [0.3, 0.4) is 0 Å². The Morgan fingerprint density at radius 2 is 1.95 bits per heavy atom. The van der Waals surface area contributed by atoms with Gasteiger partial charge in [-0.2, -0.15) is 0 Å². The summed E-state index contributed by atoms with van der Waals surface area (Å²) in [6, 6.07) is 5.07. The molecule has 0 aromatic heterocycles. The molecule has 0 aliphatic rings. The number of benzene rings is 1. The number of carbonyl (C=O) groups is 2. The number of hydrogen-bond acceptors (Lipinski definition) is 5. The van der Waals surface area contributed by atoms with Gasteiger partial charge in [0, 0.05) is 0 Å². The van der Waals surface area contributed by atoms with Gasteiger partial charge in [-0.25, -0.2) is 14.0 Å². The Bertz CT molecular complexity index is 477. The van der Waals surface area contributed by atoms with Gasteiger partial charge in [0.1, 0.15) is 5.75 Å². The molecule has 1 unspecified atom stereocenters. The van der Waals surface area contributed by atoms with Crippen molar-refractivity contribution in [2.24, 2.45) is 0 Å². The number of ether oxygens (including phenoxy) is 3. The Balaban J connectivity index is 2.75. The summed E-state index contributed by atoms with van der Waals surface area (Å²) in [4.78, 5) is 23.5. The Kier molecular flexibility index (Phi) is 7.74. The van der Waals surface area contributed by atoms with E-state index in [0.717, 1.165) is 12.8 Å². The third-order valence-corrected chi connectivity index (χ3v) is 2.86. The molecule has 0 aliphatic carbocycles. The van der Waals surface area contributed by atoms with Crippen LogP contribution < -0.4 is 10.1 Å². The average Bonchev–Trinajstić information content (AvgIpc) is 2.53. The van der Waals surface area contributed by atoms with E-state index in [-0.39, 0.29) is 6.61 Å². The number of amides is 1. The molecule has 0 fully saturated rings. The van der Waals surface area contributed by atoms with Gasteiger partial charge >= 0.3 is 12.1 Å². The van der Waals surface area contributed by atoms with Crippen LogP contribution in [0.4, 0.5) is 9.18 Å². The number of hydrogen-bond donors (Lipinski definition) is 1. The molecule has 0 spiro atoms. The molecule has 0 heterocycles. The fourth-order valence-electron chi connectivity index (χ4n) is 1.68. The largest absolute Gasteiger partial charge is 0.467 e. The average molecular weight is 313 g/mol. The van der Waals surface area contributed by atoms with Crippen LogP contribution in [0.25, 0.3) is 0 Å². The smallest absolute Gasteiger partial charge is 0.408 e. The highest BCUT2D eigenvalue weighted by atomic mass is 19.1. The van der Waals surface area contributed by atoms with E-state index in [1.54, 1.807) is 12.1 Å². The van der Waals surface area contributed by atoms with Crippen molar-refractivity contribution in [1.29, 1.82) is 0 Å². The number of unbranched alkanes of at least 4 members (excludes halogenated alkanes) is 1. The van der Waals surface area contributed by atoms with Gasteiger partial charge in [0.2, 0.25) is 6.86 Å². The van der Waals surface area contributed by atoms with Crippen molar-refractivity contribution in [2.75, 3.05) is 20.6 Å². The van der Waals surface area contributed by atoms with Crippen LogP contribution in [0.5, 0.6) is 5.75 Å². The summed E-state index contributed by atoms with van der Waals surface area (Å²) in [5, 5.41) is 2.44. The van der Waals surface area contributed by atoms with Crippen molar-refractivity contribution < 1.29 is 28.2 Å². The van der Waals surface area contributed by atoms with Gasteiger partial charge < -0.3 is 19.5 Å². The molecule has 1 rings (SSSR count). The molecule has 122 valence electrons. The minimum Gasteiger partial charge on any atom is -0.467 e. The van der Waals surface area contributed by atoms with E-state index in [1.165, 1.54) is 19.2 Å². The normalized spacial score (nSPS) is 11.4. The van der Waals surface area contributed by atoms with Crippen LogP contribution in [-0.2, 0) is 14.3 Å². The zero-order valence-corrected chi connectivity index (χ0v) is 12.6. The van der Waals surface area contributed by atoms with Crippen LogP contribution >= 0.6 is 0 Å². The monoisotopic (exact) mass is 313 g/mol. The second-order valence-electron chi connectivity index (χ2n) is 4.41. The molecule has 0 aliphatic heterocycles. The van der Waals surface area contributed by atoms with Crippen molar-refractivity contribution in [3.63, 3.8) is 0 Å². The molecule has 0 bridgehead atoms. The topological polar surface area (TPSA) is 73.9 Å². The summed E-state index contributed by atoms with van der Waals surface area (Å²) in [7, 11) is 1.22. The van der Waals surface area contributed by atoms with Crippen molar-refractivity contribution in [2.45, 2.75) is 25.8 Å². The van der Waals surface area contributed by atoms with Crippen molar-refractivity contribution in [1.82, 2.24) is 5.32 Å². The quantitative estimate of drug-likeness (QED) is 0.590. The van der Waals surface area contributed by atoms with Gasteiger partial charge in [-0.05, 0) is 24.1 Å². The third kappa shape index (κ3) is 5.59. The highest BCUT2D eigenvalue weighted by Crippen LogP contribution is 2.19. The molecule has 7 heteroatoms. The zero-order valence-electron chi connectivity index (χ0n) is 12.6. The number of rotatable bonds is 8. The molecular weight excluding hydrogens is 293 g/mol. The summed E-state index contributed by atoms with van der Waals surface area (Å²) in [6.07, 6.45) is 0.933. The molecule has 1 N–H and O–H groups in total. The number of alkyl halides is 1. The van der Waals surface area contributed by atoms with Gasteiger partial charge in [-0.15, -0.1) is 0 Å². The zero-order chi connectivity index (χ0) is 16.4. The van der Waals surface area contributed by atoms with Crippen LogP contribution in [0.1, 0.15) is 31.4 Å². The van der Waals surface area contributed by atoms with E-state index in [0.29, 0.717) is 11.3 Å². The lowest BCUT2D eigenvalue weighted by Crippen LogP contribution is -2.35. The van der Waals surface area contributed by atoms with E-state index in [9.17, 15) is 14.0 Å². The van der Waals surface area contributed by atoms with Crippen molar-refractivity contribution >= 4 is 12.1 Å². The van der Waals surface area contributed by atoms with Crippen LogP contribution in [-0.4, -0.2) is 32.6 Å². The predicted molar refractivity (Wildman–Crippen MR) is 77.2 cm³/mol. The lowest BCUT2D eigenvalue weighted by atomic mass is 10.1. The highest BCUT2D eigenvalue weighted by Gasteiger charge is 2.24. The Hall–Kier alpha value is -2.31. The second kappa shape index (κ2) is 9.59. The Labute approximate surface area is 128 Å². The molecule has 6 nitrogen and oxygen atoms in total. The number of methoxy groups -OCH3 is 1. The molecule has 1 aromatic carbocycles. The second-order valence-corrected chi connectivity index (χ2v) is 4.41. The third-order valence-electron chi connectivity index (χ3n) is 2.86. The number of alkyl carbamates (subject to hydrolysis) is 1. The van der Waals surface area contributed by atoms with Gasteiger partial charge in [-0.1, -0.05) is 25.5 Å². The first-order valence-electron chi connectivity index (χ1n) is 6.92. The molecule has 0 saturated carbocycles. The lowest BCUT2D eigenvalue weighted by molar-refractivity contribution is -0.143. The molecule has 0 saturated heterocycles. The Morgan fingerprint density at radius 3 is 2.50 bits per heavy atom. The SMILES string of the molecule is CCCCOC(=O)NC(C(=O)OC)c1ccc(OCF)cc1. The first kappa shape index (κ1) is 17.7. The summed E-state index contributed by atoms with van der Waals surface area (Å²) in [6.45, 7) is 1.31. The van der Waals surface area contributed by atoms with E-state index in [4.69, 9.17) is 4.74 Å². The summed E-state index contributed by atoms with van der Waals surface area (Å²) in [5.41, 5.74) is 0.477. The van der Waals surface area contributed by atoms with Gasteiger partial charge in [0.05, 0.1) is 13.7 Å². The standard InChI is InChI=1S/C15H20FNO5/c1-3-4-9-21-15(19)17-13(14(18)20-2)11-5-7-12(8-6-11)22-10-16/h5-8,13H,3-4,9-10H2,1-2H3,(H,17,19). The fourth-order valence-corrected chi connectivity index (χ4v) is 1.68. The van der Waals surface area contributed by atoms with Crippen LogP contribution in [0.15, 0.2) is 24.3 Å². The maximum Gasteiger partial charge on any atom is 0.408 e. The first-order valence-corrected chi connectivity index (χ1v) is 6.92. The fraction of sp³-hybridized carbons (Fsp3) is 0.467. The molecule has 22 heavy (non-hydrogen) atoms. The van der Waals surface area contributed by atoms with E-state index in [1.807, 2.05) is 6.92 Å². The van der Waals surface area contributed by atoms with Crippen LogP contribution in [0, 0.1) is 0 Å². The molecule has 1 aromatic rings.